The van der Waals surface area contributed by atoms with Crippen LogP contribution in [0.4, 0.5) is 10.5 Å². The van der Waals surface area contributed by atoms with Gasteiger partial charge in [0.2, 0.25) is 5.91 Å². The molecule has 2 rings (SSSR count). The summed E-state index contributed by atoms with van der Waals surface area (Å²) in [6.07, 6.45) is -0.341. The van der Waals surface area contributed by atoms with Crippen molar-refractivity contribution in [1.29, 1.82) is 0 Å². The van der Waals surface area contributed by atoms with E-state index in [2.05, 4.69) is 0 Å². The predicted octanol–water partition coefficient (Wildman–Crippen LogP) is 4.82. The van der Waals surface area contributed by atoms with Crippen molar-refractivity contribution in [3.63, 3.8) is 0 Å². The maximum atomic E-state index is 13.1. The number of para-hydroxylation sites is 1. The summed E-state index contributed by atoms with van der Waals surface area (Å²) < 4.78 is 5.56. The van der Waals surface area contributed by atoms with Crippen LogP contribution in [0.15, 0.2) is 60.7 Å². The van der Waals surface area contributed by atoms with E-state index in [-0.39, 0.29) is 12.3 Å². The SMILES string of the molecule is CN(C(=O)CC(C)(c1ccccc1)N(C)C(=O)OC(C)(C)C)c1ccccc1. The van der Waals surface area contributed by atoms with Crippen LogP contribution in [0.1, 0.15) is 39.7 Å². The fourth-order valence-electron chi connectivity index (χ4n) is 2.95. The number of rotatable bonds is 5. The number of amides is 2. The Morgan fingerprint density at radius 1 is 0.857 bits per heavy atom. The second kappa shape index (κ2) is 8.46. The molecule has 0 aliphatic carbocycles. The van der Waals surface area contributed by atoms with Gasteiger partial charge in [0.1, 0.15) is 5.60 Å². The van der Waals surface area contributed by atoms with Crippen molar-refractivity contribution in [3.8, 4) is 0 Å². The maximum absolute atomic E-state index is 13.1. The zero-order valence-corrected chi connectivity index (χ0v) is 17.6. The van der Waals surface area contributed by atoms with Crippen molar-refractivity contribution in [2.24, 2.45) is 0 Å². The van der Waals surface area contributed by atoms with Gasteiger partial charge in [-0.05, 0) is 45.4 Å². The zero-order chi connectivity index (χ0) is 20.9. The summed E-state index contributed by atoms with van der Waals surface area (Å²) in [6, 6.07) is 19.0. The van der Waals surface area contributed by atoms with Gasteiger partial charge >= 0.3 is 6.09 Å². The van der Waals surface area contributed by atoms with Crippen LogP contribution in [0, 0.1) is 0 Å². The van der Waals surface area contributed by atoms with Crippen molar-refractivity contribution in [3.05, 3.63) is 66.2 Å². The molecule has 0 N–H and O–H groups in total. The first-order chi connectivity index (χ1) is 13.0. The number of nitrogens with zero attached hydrogens (tertiary/aromatic N) is 2. The summed E-state index contributed by atoms with van der Waals surface area (Å²) in [5.41, 5.74) is 0.207. The third-order valence-electron chi connectivity index (χ3n) is 4.82. The molecule has 0 saturated heterocycles. The molecule has 0 fully saturated rings. The van der Waals surface area contributed by atoms with Gasteiger partial charge in [-0.1, -0.05) is 48.5 Å². The van der Waals surface area contributed by atoms with E-state index in [1.54, 1.807) is 19.0 Å². The maximum Gasteiger partial charge on any atom is 0.410 e. The molecule has 0 bridgehead atoms. The van der Waals surface area contributed by atoms with E-state index >= 15 is 0 Å². The summed E-state index contributed by atoms with van der Waals surface area (Å²) in [6.45, 7) is 7.37. The molecule has 5 nitrogen and oxygen atoms in total. The molecule has 1 unspecified atom stereocenters. The van der Waals surface area contributed by atoms with E-state index < -0.39 is 17.2 Å². The van der Waals surface area contributed by atoms with Crippen LogP contribution >= 0.6 is 0 Å². The summed E-state index contributed by atoms with van der Waals surface area (Å²) >= 11 is 0. The van der Waals surface area contributed by atoms with Gasteiger partial charge in [-0.15, -0.1) is 0 Å². The quantitative estimate of drug-likeness (QED) is 0.745. The average Bonchev–Trinajstić information content (AvgIpc) is 2.66. The molecule has 0 aliphatic rings. The van der Waals surface area contributed by atoms with Gasteiger partial charge < -0.3 is 14.5 Å². The second-order valence-electron chi connectivity index (χ2n) is 8.14. The Morgan fingerprint density at radius 2 is 1.36 bits per heavy atom. The molecule has 28 heavy (non-hydrogen) atoms. The van der Waals surface area contributed by atoms with Crippen LogP contribution in [0.3, 0.4) is 0 Å². The molecular formula is C23H30N2O3. The van der Waals surface area contributed by atoms with Gasteiger partial charge in [-0.25, -0.2) is 4.79 Å². The van der Waals surface area contributed by atoms with Gasteiger partial charge in [-0.2, -0.15) is 0 Å². The minimum atomic E-state index is -0.857. The summed E-state index contributed by atoms with van der Waals surface area (Å²) in [5, 5.41) is 0. The number of carbonyl (C=O) groups excluding carboxylic acids is 2. The first-order valence-electron chi connectivity index (χ1n) is 9.38. The fraction of sp³-hybridized carbons (Fsp3) is 0.391. The number of ether oxygens (including phenoxy) is 1. The Morgan fingerprint density at radius 3 is 1.86 bits per heavy atom. The molecule has 150 valence electrons. The van der Waals surface area contributed by atoms with E-state index in [0.29, 0.717) is 0 Å². The molecule has 0 aromatic heterocycles. The minimum absolute atomic E-state index is 0.0899. The largest absolute Gasteiger partial charge is 0.444 e. The lowest BCUT2D eigenvalue weighted by molar-refractivity contribution is -0.120. The standard InChI is InChI=1S/C23H30N2O3/c1-22(2,3)28-21(27)25(6)23(4,18-13-9-7-10-14-18)17-20(26)24(5)19-15-11-8-12-16-19/h7-16H,17H2,1-6H3. The Labute approximate surface area is 167 Å². The van der Waals surface area contributed by atoms with Crippen molar-refractivity contribution < 1.29 is 14.3 Å². The Hall–Kier alpha value is -2.82. The van der Waals surface area contributed by atoms with Gasteiger partial charge in [0.25, 0.3) is 0 Å². The molecule has 2 amide bonds. The predicted molar refractivity (Wildman–Crippen MR) is 112 cm³/mol. The average molecular weight is 383 g/mol. The monoisotopic (exact) mass is 382 g/mol. The Kier molecular flexibility index (Phi) is 6.49. The van der Waals surface area contributed by atoms with E-state index in [0.717, 1.165) is 11.3 Å². The molecule has 0 saturated carbocycles. The number of benzene rings is 2. The van der Waals surface area contributed by atoms with E-state index in [4.69, 9.17) is 4.74 Å². The van der Waals surface area contributed by atoms with Crippen LogP contribution in [0.2, 0.25) is 0 Å². The zero-order valence-electron chi connectivity index (χ0n) is 17.6. The topological polar surface area (TPSA) is 49.9 Å². The Bertz CT molecular complexity index is 800. The van der Waals surface area contributed by atoms with Crippen LogP contribution < -0.4 is 4.90 Å². The summed E-state index contributed by atoms with van der Waals surface area (Å²) in [4.78, 5) is 29.0. The molecule has 2 aromatic rings. The lowest BCUT2D eigenvalue weighted by atomic mass is 9.86. The van der Waals surface area contributed by atoms with Crippen LogP contribution in [0.5, 0.6) is 0 Å². The molecule has 5 heteroatoms. The molecule has 0 radical (unpaired) electrons. The molecule has 0 spiro atoms. The van der Waals surface area contributed by atoms with Crippen LogP contribution in [-0.4, -0.2) is 36.6 Å². The van der Waals surface area contributed by atoms with Gasteiger partial charge in [0.15, 0.2) is 0 Å². The smallest absolute Gasteiger partial charge is 0.410 e. The minimum Gasteiger partial charge on any atom is -0.444 e. The molecule has 2 aromatic carbocycles. The first kappa shape index (κ1) is 21.5. The number of hydrogen-bond acceptors (Lipinski definition) is 3. The summed E-state index contributed by atoms with van der Waals surface area (Å²) in [5.74, 6) is -0.0899. The normalized spacial score (nSPS) is 13.4. The van der Waals surface area contributed by atoms with E-state index in [9.17, 15) is 9.59 Å². The highest BCUT2D eigenvalue weighted by atomic mass is 16.6. The van der Waals surface area contributed by atoms with Crippen LogP contribution in [-0.2, 0) is 15.1 Å². The Balaban J connectivity index is 2.34. The highest BCUT2D eigenvalue weighted by Gasteiger charge is 2.39. The second-order valence-corrected chi connectivity index (χ2v) is 8.14. The third kappa shape index (κ3) is 5.12. The van der Waals surface area contributed by atoms with Gasteiger partial charge in [-0.3, -0.25) is 4.79 Å². The third-order valence-corrected chi connectivity index (χ3v) is 4.82. The highest BCUT2D eigenvalue weighted by Crippen LogP contribution is 2.33. The van der Waals surface area contributed by atoms with Crippen molar-refractivity contribution in [2.45, 2.75) is 45.3 Å². The van der Waals surface area contributed by atoms with Crippen molar-refractivity contribution in [2.75, 3.05) is 19.0 Å². The van der Waals surface area contributed by atoms with Crippen molar-refractivity contribution in [1.82, 2.24) is 4.90 Å². The molecule has 1 atom stereocenters. The van der Waals surface area contributed by atoms with Gasteiger partial charge in [0.05, 0.1) is 12.0 Å². The number of carbonyl (C=O) groups is 2. The molecule has 0 aliphatic heterocycles. The van der Waals surface area contributed by atoms with E-state index in [1.165, 1.54) is 4.90 Å². The highest BCUT2D eigenvalue weighted by molar-refractivity contribution is 5.93. The lowest BCUT2D eigenvalue weighted by Crippen LogP contribution is -2.49. The summed E-state index contributed by atoms with van der Waals surface area (Å²) in [7, 11) is 3.42. The van der Waals surface area contributed by atoms with Crippen molar-refractivity contribution >= 4 is 17.7 Å². The van der Waals surface area contributed by atoms with E-state index in [1.807, 2.05) is 88.4 Å². The fourth-order valence-corrected chi connectivity index (χ4v) is 2.95. The number of hydrogen-bond donors (Lipinski definition) is 0. The van der Waals surface area contributed by atoms with Crippen LogP contribution in [0.25, 0.3) is 0 Å². The van der Waals surface area contributed by atoms with Gasteiger partial charge in [0, 0.05) is 19.8 Å². The number of anilines is 1. The molecule has 0 heterocycles. The molecular weight excluding hydrogens is 352 g/mol. The lowest BCUT2D eigenvalue weighted by Gasteiger charge is -2.40. The first-order valence-corrected chi connectivity index (χ1v) is 9.38.